The molecule has 1 aromatic carbocycles. The maximum Gasteiger partial charge on any atom is 0.254 e. The molecule has 0 aliphatic carbocycles. The van der Waals surface area contributed by atoms with E-state index in [9.17, 15) is 13.6 Å². The van der Waals surface area contributed by atoms with Gasteiger partial charge in [-0.3, -0.25) is 4.79 Å². The lowest BCUT2D eigenvalue weighted by Crippen LogP contribution is -2.19. The predicted octanol–water partition coefficient (Wildman–Crippen LogP) is 1.63. The molecule has 0 aliphatic heterocycles. The van der Waals surface area contributed by atoms with E-state index in [4.69, 9.17) is 0 Å². The maximum absolute atomic E-state index is 13.0. The predicted molar refractivity (Wildman–Crippen MR) is 44.5 cm³/mol. The summed E-state index contributed by atoms with van der Waals surface area (Å²) >= 11 is 0. The number of carbonyl (C=O) groups is 1. The van der Waals surface area contributed by atoms with Gasteiger partial charge in [0.25, 0.3) is 5.91 Å². The minimum absolute atomic E-state index is 0.138. The van der Waals surface area contributed by atoms with Gasteiger partial charge >= 0.3 is 0 Å². The lowest BCUT2D eigenvalue weighted by molar-refractivity contribution is 0.0959. The lowest BCUT2D eigenvalue weighted by atomic mass is 10.1. The van der Waals surface area contributed by atoms with Crippen LogP contribution >= 0.6 is 0 Å². The van der Waals surface area contributed by atoms with E-state index in [1.807, 2.05) is 0 Å². The Morgan fingerprint density at radius 1 is 1.31 bits per heavy atom. The molecule has 4 heteroatoms. The van der Waals surface area contributed by atoms with E-state index in [0.717, 1.165) is 0 Å². The highest BCUT2D eigenvalue weighted by Crippen LogP contribution is 2.13. The fourth-order valence-electron chi connectivity index (χ4n) is 0.966. The molecule has 0 aliphatic rings. The van der Waals surface area contributed by atoms with Gasteiger partial charge in [0.05, 0.1) is 5.56 Å². The summed E-state index contributed by atoms with van der Waals surface area (Å²) in [6, 6.07) is 1.89. The Morgan fingerprint density at radius 3 is 2.46 bits per heavy atom. The molecule has 1 rings (SSSR count). The summed E-state index contributed by atoms with van der Waals surface area (Å²) in [4.78, 5) is 11.0. The number of aryl methyl sites for hydroxylation is 1. The van der Waals surface area contributed by atoms with Gasteiger partial charge in [-0.05, 0) is 18.6 Å². The van der Waals surface area contributed by atoms with Gasteiger partial charge in [-0.1, -0.05) is 0 Å². The molecular formula is C9H9F2NO. The summed E-state index contributed by atoms with van der Waals surface area (Å²) < 4.78 is 25.7. The Kier molecular flexibility index (Phi) is 2.60. The number of hydrogen-bond donors (Lipinski definition) is 1. The molecule has 1 N–H and O–H groups in total. The second-order valence-corrected chi connectivity index (χ2v) is 2.66. The molecule has 13 heavy (non-hydrogen) atoms. The molecule has 2 nitrogen and oxygen atoms in total. The van der Waals surface area contributed by atoms with Crippen LogP contribution in [0.3, 0.4) is 0 Å². The molecule has 1 aromatic rings. The van der Waals surface area contributed by atoms with Crippen LogP contribution in [0.15, 0.2) is 12.1 Å². The van der Waals surface area contributed by atoms with Crippen molar-refractivity contribution in [3.63, 3.8) is 0 Å². The molecule has 0 spiro atoms. The van der Waals surface area contributed by atoms with Crippen LogP contribution in [-0.4, -0.2) is 13.0 Å². The zero-order chi connectivity index (χ0) is 10.0. The largest absolute Gasteiger partial charge is 0.355 e. The number of benzene rings is 1. The fourth-order valence-corrected chi connectivity index (χ4v) is 0.966. The summed E-state index contributed by atoms with van der Waals surface area (Å²) in [6.45, 7) is 1.47. The van der Waals surface area contributed by atoms with Gasteiger partial charge in [0.1, 0.15) is 11.6 Å². The standard InChI is InChI=1S/C9H9F2NO/c1-5-3-6(9(13)12-2)8(11)4-7(5)10/h3-4H,1-2H3,(H,12,13). The minimum Gasteiger partial charge on any atom is -0.355 e. The Morgan fingerprint density at radius 2 is 1.92 bits per heavy atom. The number of amides is 1. The third-order valence-corrected chi connectivity index (χ3v) is 1.72. The van der Waals surface area contributed by atoms with Crippen LogP contribution in [0.5, 0.6) is 0 Å². The van der Waals surface area contributed by atoms with E-state index < -0.39 is 17.5 Å². The molecule has 0 aromatic heterocycles. The van der Waals surface area contributed by atoms with Gasteiger partial charge < -0.3 is 5.32 Å². The van der Waals surface area contributed by atoms with Crippen molar-refractivity contribution in [1.82, 2.24) is 5.32 Å². The zero-order valence-corrected chi connectivity index (χ0v) is 7.32. The first-order valence-corrected chi connectivity index (χ1v) is 3.74. The SMILES string of the molecule is CNC(=O)c1cc(C)c(F)cc1F. The van der Waals surface area contributed by atoms with E-state index >= 15 is 0 Å². The van der Waals surface area contributed by atoms with Crippen molar-refractivity contribution < 1.29 is 13.6 Å². The van der Waals surface area contributed by atoms with Crippen LogP contribution < -0.4 is 5.32 Å². The quantitative estimate of drug-likeness (QED) is 0.707. The van der Waals surface area contributed by atoms with Gasteiger partial charge in [-0.25, -0.2) is 8.78 Å². The molecule has 0 bridgehead atoms. The van der Waals surface area contributed by atoms with Gasteiger partial charge in [0.2, 0.25) is 0 Å². The molecule has 0 radical (unpaired) electrons. The van der Waals surface area contributed by atoms with Crippen molar-refractivity contribution in [3.8, 4) is 0 Å². The molecule has 1 amide bonds. The average Bonchev–Trinajstić information content (AvgIpc) is 2.10. The zero-order valence-electron chi connectivity index (χ0n) is 7.32. The number of hydrogen-bond acceptors (Lipinski definition) is 1. The number of nitrogens with one attached hydrogen (secondary N) is 1. The summed E-state index contributed by atoms with van der Waals surface area (Å²) in [5, 5.41) is 2.27. The van der Waals surface area contributed by atoms with Crippen molar-refractivity contribution in [2.45, 2.75) is 6.92 Å². The van der Waals surface area contributed by atoms with Crippen molar-refractivity contribution in [2.75, 3.05) is 7.05 Å². The third kappa shape index (κ3) is 1.83. The number of halogens is 2. The first kappa shape index (κ1) is 9.64. The van der Waals surface area contributed by atoms with Crippen LogP contribution in [0.2, 0.25) is 0 Å². The maximum atomic E-state index is 13.0. The Labute approximate surface area is 74.6 Å². The normalized spacial score (nSPS) is 9.85. The minimum atomic E-state index is -0.845. The topological polar surface area (TPSA) is 29.1 Å². The number of carbonyl (C=O) groups excluding carboxylic acids is 1. The van der Waals surface area contributed by atoms with Gasteiger partial charge in [-0.15, -0.1) is 0 Å². The van der Waals surface area contributed by atoms with Crippen LogP contribution in [0.25, 0.3) is 0 Å². The van der Waals surface area contributed by atoms with Crippen LogP contribution in [0.1, 0.15) is 15.9 Å². The van der Waals surface area contributed by atoms with E-state index in [0.29, 0.717) is 6.07 Å². The highest BCUT2D eigenvalue weighted by molar-refractivity contribution is 5.94. The molecule has 0 heterocycles. The number of rotatable bonds is 1. The van der Waals surface area contributed by atoms with Crippen molar-refractivity contribution in [3.05, 3.63) is 34.9 Å². The van der Waals surface area contributed by atoms with Crippen LogP contribution in [-0.2, 0) is 0 Å². The van der Waals surface area contributed by atoms with Gasteiger partial charge in [0, 0.05) is 13.1 Å². The summed E-state index contributed by atoms with van der Waals surface area (Å²) in [6.07, 6.45) is 0. The monoisotopic (exact) mass is 185 g/mol. The van der Waals surface area contributed by atoms with Gasteiger partial charge in [-0.2, -0.15) is 0 Å². The first-order chi connectivity index (χ1) is 6.06. The Balaban J connectivity index is 3.23. The van der Waals surface area contributed by atoms with Crippen LogP contribution in [0, 0.1) is 18.6 Å². The molecule has 0 saturated heterocycles. The fraction of sp³-hybridized carbons (Fsp3) is 0.222. The third-order valence-electron chi connectivity index (χ3n) is 1.72. The summed E-state index contributed by atoms with van der Waals surface area (Å²) in [7, 11) is 1.39. The molecular weight excluding hydrogens is 176 g/mol. The van der Waals surface area contributed by atoms with Crippen molar-refractivity contribution >= 4 is 5.91 Å². The van der Waals surface area contributed by atoms with Gasteiger partial charge in [0.15, 0.2) is 0 Å². The molecule has 0 atom stereocenters. The summed E-state index contributed by atoms with van der Waals surface area (Å²) in [5.74, 6) is -2.05. The molecule has 70 valence electrons. The summed E-state index contributed by atoms with van der Waals surface area (Å²) in [5.41, 5.74) is 0.112. The van der Waals surface area contributed by atoms with Crippen molar-refractivity contribution in [1.29, 1.82) is 0 Å². The van der Waals surface area contributed by atoms with E-state index in [1.165, 1.54) is 20.0 Å². The highest BCUT2D eigenvalue weighted by Gasteiger charge is 2.12. The van der Waals surface area contributed by atoms with Crippen LogP contribution in [0.4, 0.5) is 8.78 Å². The van der Waals surface area contributed by atoms with E-state index in [-0.39, 0.29) is 11.1 Å². The Bertz CT molecular complexity index is 350. The highest BCUT2D eigenvalue weighted by atomic mass is 19.1. The smallest absolute Gasteiger partial charge is 0.254 e. The van der Waals surface area contributed by atoms with Crippen molar-refractivity contribution in [2.24, 2.45) is 0 Å². The Hall–Kier alpha value is -1.45. The lowest BCUT2D eigenvalue weighted by Gasteiger charge is -2.03. The molecule has 0 unspecified atom stereocenters. The second-order valence-electron chi connectivity index (χ2n) is 2.66. The molecule has 0 saturated carbocycles. The van der Waals surface area contributed by atoms with E-state index in [2.05, 4.69) is 5.32 Å². The second kappa shape index (κ2) is 3.51. The molecule has 0 fully saturated rings. The first-order valence-electron chi connectivity index (χ1n) is 3.74. The average molecular weight is 185 g/mol. The van der Waals surface area contributed by atoms with E-state index in [1.54, 1.807) is 0 Å².